The normalized spacial score (nSPS) is 29.7. The molecule has 8 fully saturated rings. The lowest BCUT2D eigenvalue weighted by Gasteiger charge is -2.45. The number of nitrogens with one attached hydrogen (secondary N) is 1. The van der Waals surface area contributed by atoms with E-state index in [1.165, 1.54) is 105 Å². The zero-order chi connectivity index (χ0) is 91.9. The molecule has 10 heterocycles. The standard InChI is InChI=1S/C25H37N5O17P2.C17H31N3O.C15H25O11P.C10H13N5O4.C4H10NO3P/c1-10-11(2)21(43-14(5)33)25(45-20(10)16(42-13(4)32)6-40-12(3)31)46-49(38,39)47-48(36,37)41-7-15-18(34)19(35)24(44-15)30-9-29-17-22(26)27-8-28-23(17)30;1-3-7-15(8-4-1)18-17(20-11-13-21-14-12-20)19-16-9-5-2-6-10-16;1-7-8(2)14(24-11(5)18)15(26-27(19,20)21)25-13(7)12(23-10(4)17)6-22-9(3)16;11-8-5-9(13-2-12-8)15(3-14-5)10-7(18)6(17)4(1-16)19-10;6-9(7)5-1-3-8-4-2-5/h8-11,15-16,18-21,24-25,34-35H,6-7H2,1-5H3,(H,36,37)(H,38,39)(H2,26,27,28);15-16H,1-14H2,(H,18,19);7-8,12-15H,6H2,1-5H3,(H2,19,20,21);2-4,6-7,10,16-18H,1H2,(H2,11,12,13);6-7H,1-4H2/t10-,11-,15+,16+,18?,19-,20?,21?,24+,25-;;7-,8-,12+,13?,14?,15-;4-,6?,7+,10-;/m0.01./s1. The lowest BCUT2D eigenvalue weighted by Crippen LogP contribution is -2.56. The second kappa shape index (κ2) is 48.1. The molecule has 8 unspecified atom stereocenters. The van der Waals surface area contributed by atoms with E-state index in [-0.39, 0.29) is 29.4 Å². The molecule has 12 rings (SSSR count). The number of nitrogens with zero attached hydrogens (tertiary/aromatic N) is 11. The van der Waals surface area contributed by atoms with Crippen molar-refractivity contribution < 1.29 is 172 Å². The number of nitrogens with two attached hydrogens (primary N) is 2. The zero-order valence-corrected chi connectivity index (χ0v) is 74.1. The summed E-state index contributed by atoms with van der Waals surface area (Å²) in [5.74, 6) is -5.08. The minimum absolute atomic E-state index is 0.0363. The van der Waals surface area contributed by atoms with Crippen molar-refractivity contribution in [2.24, 2.45) is 28.7 Å². The van der Waals surface area contributed by atoms with Crippen LogP contribution in [0.5, 0.6) is 0 Å². The predicted molar refractivity (Wildman–Crippen MR) is 429 cm³/mol. The van der Waals surface area contributed by atoms with E-state index in [2.05, 4.69) is 49.0 Å². The predicted octanol–water partition coefficient (Wildman–Crippen LogP) is 0.701. The summed E-state index contributed by atoms with van der Waals surface area (Å²) in [4.78, 5) is 157. The molecule has 706 valence electrons. The summed E-state index contributed by atoms with van der Waals surface area (Å²) in [6.07, 6.45) is -2.22. The maximum atomic E-state index is 13.0. The minimum atomic E-state index is -5.64. The summed E-state index contributed by atoms with van der Waals surface area (Å²) in [7, 11) is -18.0. The Balaban J connectivity index is 0.000000214. The Kier molecular flexibility index (Phi) is 39.8. The van der Waals surface area contributed by atoms with Crippen LogP contribution < -0.4 is 16.8 Å². The average molecular weight is 1870 g/mol. The second-order valence-electron chi connectivity index (χ2n) is 30.5. The smallest absolute Gasteiger partial charge is 0.462 e. The minimum Gasteiger partial charge on any atom is -0.462 e. The number of carbonyl (C=O) groups excluding carboxylic acids is 6. The summed E-state index contributed by atoms with van der Waals surface area (Å²) in [6, 6.07) is 1.19. The van der Waals surface area contributed by atoms with Crippen molar-refractivity contribution >= 4 is 108 Å². The van der Waals surface area contributed by atoms with Crippen LogP contribution in [0.2, 0.25) is 0 Å². The van der Waals surface area contributed by atoms with Crippen molar-refractivity contribution in [2.75, 3.05) is 90.5 Å². The Morgan fingerprint density at radius 2 is 0.984 bits per heavy atom. The number of imidazole rings is 2. The van der Waals surface area contributed by atoms with Crippen LogP contribution in [0.1, 0.15) is 146 Å². The van der Waals surface area contributed by atoms with Gasteiger partial charge in [0.25, 0.3) is 8.53 Å². The van der Waals surface area contributed by atoms with Crippen LogP contribution in [0.4, 0.5) is 11.6 Å². The van der Waals surface area contributed by atoms with Gasteiger partial charge in [-0.25, -0.2) is 53.3 Å². The van der Waals surface area contributed by atoms with Crippen molar-refractivity contribution in [3.8, 4) is 0 Å². The first-order chi connectivity index (χ1) is 59.0. The summed E-state index contributed by atoms with van der Waals surface area (Å²) in [5.41, 5.74) is 12.5. The van der Waals surface area contributed by atoms with Crippen LogP contribution in [-0.4, -0.2) is 322 Å². The molecule has 6 aliphatic heterocycles. The van der Waals surface area contributed by atoms with Crippen LogP contribution in [0, 0.1) is 23.7 Å². The van der Waals surface area contributed by atoms with Gasteiger partial charge in [0.15, 0.2) is 65.8 Å². The number of guanidine groups is 1. The molecule has 0 spiro atoms. The van der Waals surface area contributed by atoms with Gasteiger partial charge in [0, 0.05) is 85.6 Å². The van der Waals surface area contributed by atoms with Gasteiger partial charge in [0.2, 0.25) is 12.6 Å². The van der Waals surface area contributed by atoms with E-state index in [0.717, 1.165) is 67.2 Å². The molecule has 6 saturated heterocycles. The van der Waals surface area contributed by atoms with Crippen LogP contribution in [-0.2, 0) is 117 Å². The summed E-state index contributed by atoms with van der Waals surface area (Å²) in [6.45, 7) is 17.3. The van der Waals surface area contributed by atoms with Gasteiger partial charge in [0.05, 0.1) is 58.3 Å². The fourth-order valence-electron chi connectivity index (χ4n) is 14.8. The molecule has 125 heavy (non-hydrogen) atoms. The van der Waals surface area contributed by atoms with Crippen LogP contribution in [0.15, 0.2) is 30.3 Å². The fraction of sp³-hybridized carbons (Fsp3) is 0.761. The number of esters is 6. The number of aliphatic hydroxyl groups is 5. The fourth-order valence-corrected chi connectivity index (χ4v) is 17.9. The van der Waals surface area contributed by atoms with Gasteiger partial charge < -0.3 is 133 Å². The maximum Gasteiger partial charge on any atom is 0.483 e. The first-order valence-corrected chi connectivity index (χ1v) is 46.1. The van der Waals surface area contributed by atoms with E-state index < -0.39 is 210 Å². The monoisotopic (exact) mass is 1860 g/mol. The van der Waals surface area contributed by atoms with Crippen LogP contribution in [0.3, 0.4) is 0 Å². The Labute approximate surface area is 719 Å². The highest BCUT2D eigenvalue weighted by atomic mass is 31.3. The van der Waals surface area contributed by atoms with Gasteiger partial charge in [-0.2, -0.15) is 4.31 Å². The van der Waals surface area contributed by atoms with Crippen molar-refractivity contribution in [2.45, 2.75) is 244 Å². The van der Waals surface area contributed by atoms with Crippen LogP contribution in [0.25, 0.3) is 22.3 Å². The van der Waals surface area contributed by atoms with Crippen molar-refractivity contribution in [3.63, 3.8) is 0 Å². The Hall–Kier alpha value is -6.97. The van der Waals surface area contributed by atoms with E-state index in [1.54, 1.807) is 32.4 Å². The highest BCUT2D eigenvalue weighted by Gasteiger charge is 2.54. The molecule has 0 aromatic carbocycles. The number of hydrogen-bond donors (Lipinski definition) is 14. The van der Waals surface area contributed by atoms with Gasteiger partial charge in [0.1, 0.15) is 85.7 Å². The van der Waals surface area contributed by atoms with E-state index in [1.807, 2.05) is 0 Å². The largest absolute Gasteiger partial charge is 0.483 e. The molecular weight excluding hydrogens is 1750 g/mol. The molecule has 8 aliphatic rings. The molecule has 0 radical (unpaired) electrons. The van der Waals surface area contributed by atoms with Crippen molar-refractivity contribution in [1.82, 2.24) is 53.9 Å². The van der Waals surface area contributed by atoms with Gasteiger partial charge in [-0.3, -0.25) is 51.5 Å². The lowest BCUT2D eigenvalue weighted by molar-refractivity contribution is -0.271. The number of phosphoric ester groups is 3. The van der Waals surface area contributed by atoms with E-state index >= 15 is 0 Å². The van der Waals surface area contributed by atoms with Crippen molar-refractivity contribution in [1.29, 1.82) is 0 Å². The summed E-state index contributed by atoms with van der Waals surface area (Å²) >= 11 is 0. The van der Waals surface area contributed by atoms with Gasteiger partial charge in [-0.1, -0.05) is 66.2 Å². The topological polar surface area (TPSA) is 694 Å². The number of fused-ring (bicyclic) bond motifs is 2. The Morgan fingerprint density at radius 1 is 0.552 bits per heavy atom. The van der Waals surface area contributed by atoms with Gasteiger partial charge in [-0.05, 0) is 37.5 Å². The lowest BCUT2D eigenvalue weighted by atomic mass is 9.81. The first-order valence-electron chi connectivity index (χ1n) is 40.3. The third kappa shape index (κ3) is 30.6. The number of hydrogen-bond acceptors (Lipinski definition) is 42. The second-order valence-corrected chi connectivity index (χ2v) is 35.8. The van der Waals surface area contributed by atoms with Crippen LogP contribution >= 0.6 is 32.0 Å². The molecule has 22 atom stereocenters. The van der Waals surface area contributed by atoms with Gasteiger partial charge in [-0.15, -0.1) is 0 Å². The number of aliphatic hydroxyl groups excluding tert-OH is 5. The average Bonchev–Trinajstić information content (AvgIpc) is 1.45. The number of phosphoric acid groups is 3. The summed E-state index contributed by atoms with van der Waals surface area (Å²) in [5, 5.41) is 53.7. The number of aliphatic imine (C=N–C) groups is 1. The number of nitrogen functional groups attached to an aromatic ring is 2. The number of aromatic nitrogens is 8. The summed E-state index contributed by atoms with van der Waals surface area (Å²) < 4.78 is 124. The van der Waals surface area contributed by atoms with E-state index in [0.29, 0.717) is 49.6 Å². The number of morpholine rings is 2. The molecular formula is C71H116N14O36P4. The molecule has 4 aromatic rings. The number of ether oxygens (including phenoxy) is 12. The highest BCUT2D eigenvalue weighted by Crippen LogP contribution is 2.62. The SMILES string of the molecule is C1CCC(N=C(NC2CCCCC2)N2CCOCC2)CC1.CC(=O)OC[C@@H](OC(C)=O)C1O[C@@H](OP(=O)(O)O)C(OC(C)=O)[C@@H](C)[C@@H]1C.CC(=O)OC[C@@H](OC(C)=O)C1O[C@@H](OP(=O)(O)OP(=O)(O)OC[C@H]2O[C@@H](n3cnc4c(N)ncnc43)[C@@H](O)C2O)C(OC(C)=O)[C@@H](C)[C@@H]1C.Nc1ncnc2c1ncn2[C@@H]1O[C@H](CO)C(O)[C@@H]1O.OP(O)N1CCOCC1. The molecule has 2 aliphatic carbocycles. The number of rotatable bonds is 25. The molecule has 4 aromatic heterocycles. The zero-order valence-electron chi connectivity index (χ0n) is 70.6. The Bertz CT molecular complexity index is 4330. The Morgan fingerprint density at radius 3 is 1.39 bits per heavy atom. The van der Waals surface area contributed by atoms with Gasteiger partial charge >= 0.3 is 59.3 Å². The van der Waals surface area contributed by atoms with Crippen molar-refractivity contribution in [3.05, 3.63) is 25.3 Å². The first kappa shape index (κ1) is 103. The third-order valence-electron chi connectivity index (χ3n) is 21.4. The molecule has 2 saturated carbocycles. The highest BCUT2D eigenvalue weighted by molar-refractivity contribution is 7.61. The van der Waals surface area contributed by atoms with E-state index in [9.17, 15) is 72.7 Å². The molecule has 50 nitrogen and oxygen atoms in total. The molecule has 0 amide bonds. The third-order valence-corrected chi connectivity index (χ3v) is 25.3. The number of carbonyl (C=O) groups is 6. The molecule has 0 bridgehead atoms. The quantitative estimate of drug-likeness (QED) is 0.0143. The van der Waals surface area contributed by atoms with E-state index in [4.69, 9.17) is 107 Å². The molecule has 16 N–H and O–H groups in total. The number of anilines is 2. The maximum absolute atomic E-state index is 13.0. The molecule has 54 heteroatoms.